The van der Waals surface area contributed by atoms with Crippen molar-refractivity contribution in [2.75, 3.05) is 19.6 Å². The Labute approximate surface area is 306 Å². The maximum Gasteiger partial charge on any atom is 0.315 e. The van der Waals surface area contributed by atoms with Crippen molar-refractivity contribution in [2.24, 2.45) is 28.1 Å². The Hall–Kier alpha value is -3.42. The van der Waals surface area contributed by atoms with Crippen LogP contribution in [0, 0.1) is 28.1 Å². The smallest absolute Gasteiger partial charge is 0.315 e. The Bertz CT molecular complexity index is 1500. The number of urea groups is 1. The van der Waals surface area contributed by atoms with Crippen LogP contribution in [0.3, 0.4) is 0 Å². The number of piperidine rings is 1. The average Bonchev–Trinajstić information content (AvgIpc) is 3.34. The van der Waals surface area contributed by atoms with Crippen LogP contribution in [-0.2, 0) is 37.1 Å². The van der Waals surface area contributed by atoms with Gasteiger partial charge in [0.25, 0.3) is 5.91 Å². The molecule has 4 N–H and O–H groups in total. The first-order chi connectivity index (χ1) is 23.7. The lowest BCUT2D eigenvalue weighted by Gasteiger charge is -2.39. The molecule has 0 bridgehead atoms. The number of nitrogens with one attached hydrogen (secondary N) is 4. The number of Topliss-reactive ketones (excluding diaryl/α,β-unsaturated/α-hetero) is 1. The van der Waals surface area contributed by atoms with Crippen LogP contribution in [-0.4, -0.2) is 87.1 Å². The number of rotatable bonds is 14. The summed E-state index contributed by atoms with van der Waals surface area (Å²) < 4.78 is 15.1. The van der Waals surface area contributed by atoms with E-state index < -0.39 is 70.0 Å². The number of unbranched alkanes of at least 4 members (excludes halogenated alkanes) is 1. The summed E-state index contributed by atoms with van der Waals surface area (Å²) in [5.41, 5.74) is -0.332. The fourth-order valence-corrected chi connectivity index (χ4v) is 8.74. The van der Waals surface area contributed by atoms with Crippen molar-refractivity contribution in [3.8, 4) is 0 Å². The van der Waals surface area contributed by atoms with Crippen LogP contribution >= 0.6 is 0 Å². The van der Waals surface area contributed by atoms with Crippen LogP contribution in [0.1, 0.15) is 87.1 Å². The number of nitrogens with zero attached hydrogens (tertiary/aromatic N) is 2. The van der Waals surface area contributed by atoms with Crippen molar-refractivity contribution in [3.63, 3.8) is 0 Å². The highest BCUT2D eigenvalue weighted by Gasteiger charge is 2.70. The van der Waals surface area contributed by atoms with E-state index in [2.05, 4.69) is 41.7 Å². The van der Waals surface area contributed by atoms with Crippen LogP contribution in [0.15, 0.2) is 41.8 Å². The molecule has 2 fully saturated rings. The van der Waals surface area contributed by atoms with E-state index in [0.29, 0.717) is 32.5 Å². The Balaban J connectivity index is 1.51. The molecule has 3 aliphatic rings. The number of carbonyl (C=O) groups excluding carboxylic acids is 5. The van der Waals surface area contributed by atoms with Crippen LogP contribution < -0.4 is 21.3 Å². The molecule has 2 aliphatic heterocycles. The maximum atomic E-state index is 14.5. The number of amides is 5. The second-order valence-electron chi connectivity index (χ2n) is 17.0. The summed E-state index contributed by atoms with van der Waals surface area (Å²) in [6, 6.07) is 3.77. The largest absolute Gasteiger partial charge is 0.593 e. The molecule has 1 aromatic carbocycles. The van der Waals surface area contributed by atoms with Gasteiger partial charge in [-0.05, 0) is 40.6 Å². The van der Waals surface area contributed by atoms with Gasteiger partial charge in [-0.1, -0.05) is 99.4 Å². The fourth-order valence-electron chi connectivity index (χ4n) is 7.37. The van der Waals surface area contributed by atoms with Crippen LogP contribution in [0.25, 0.3) is 0 Å². The molecule has 51 heavy (non-hydrogen) atoms. The number of benzene rings is 1. The van der Waals surface area contributed by atoms with Crippen LogP contribution in [0.2, 0.25) is 0 Å². The van der Waals surface area contributed by atoms with Gasteiger partial charge in [-0.25, -0.2) is 4.79 Å². The topological polar surface area (TPSA) is 163 Å². The van der Waals surface area contributed by atoms with E-state index in [0.717, 1.165) is 16.9 Å². The molecular weight excluding hydrogens is 669 g/mol. The van der Waals surface area contributed by atoms with Crippen molar-refractivity contribution in [1.82, 2.24) is 30.5 Å². The van der Waals surface area contributed by atoms with E-state index in [1.54, 1.807) is 4.90 Å². The lowest BCUT2D eigenvalue weighted by molar-refractivity contribution is -0.145. The molecule has 13 heteroatoms. The summed E-state index contributed by atoms with van der Waals surface area (Å²) in [7, 11) is 0. The van der Waals surface area contributed by atoms with Gasteiger partial charge < -0.3 is 30.7 Å². The highest BCUT2D eigenvalue weighted by atomic mass is 32.2. The number of fused-ring (bicyclic) bond motifs is 2. The molecule has 1 aromatic rings. The molecular formula is C38H58N6O6S. The first-order valence-corrected chi connectivity index (χ1v) is 19.2. The zero-order valence-corrected chi connectivity index (χ0v) is 32.6. The van der Waals surface area contributed by atoms with Crippen molar-refractivity contribution in [1.29, 1.82) is 0 Å². The number of hydrogen-bond acceptors (Lipinski definition) is 7. The minimum Gasteiger partial charge on any atom is -0.593 e. The molecule has 0 radical (unpaired) electrons. The van der Waals surface area contributed by atoms with E-state index in [4.69, 9.17) is 0 Å². The van der Waals surface area contributed by atoms with Gasteiger partial charge in [-0.2, -0.15) is 0 Å². The van der Waals surface area contributed by atoms with E-state index in [1.165, 1.54) is 6.08 Å². The molecule has 1 saturated carbocycles. The molecule has 0 spiro atoms. The third-order valence-electron chi connectivity index (χ3n) is 10.7. The summed E-state index contributed by atoms with van der Waals surface area (Å²) in [4.78, 5) is 70.4. The molecule has 1 aliphatic carbocycles. The second-order valence-corrected chi connectivity index (χ2v) is 18.4. The van der Waals surface area contributed by atoms with Crippen molar-refractivity contribution >= 4 is 40.9 Å². The lowest BCUT2D eigenvalue weighted by Crippen LogP contribution is -2.62. The first kappa shape index (κ1) is 40.4. The van der Waals surface area contributed by atoms with Gasteiger partial charge in [0.15, 0.2) is 4.90 Å². The normalized spacial score (nSPS) is 24.0. The Morgan fingerprint density at radius 2 is 1.71 bits per heavy atom. The molecule has 3 unspecified atom stereocenters. The monoisotopic (exact) mass is 726 g/mol. The maximum absolute atomic E-state index is 14.5. The minimum absolute atomic E-state index is 0.0723. The molecule has 0 aromatic heterocycles. The van der Waals surface area contributed by atoms with E-state index in [-0.39, 0.29) is 29.7 Å². The predicted molar refractivity (Wildman–Crippen MR) is 197 cm³/mol. The van der Waals surface area contributed by atoms with Gasteiger partial charge in [0, 0.05) is 18.7 Å². The average molecular weight is 727 g/mol. The van der Waals surface area contributed by atoms with Gasteiger partial charge in [-0.3, -0.25) is 19.2 Å². The first-order valence-electron chi connectivity index (χ1n) is 18.1. The highest BCUT2D eigenvalue weighted by Crippen LogP contribution is 2.65. The predicted octanol–water partition coefficient (Wildman–Crippen LogP) is 3.68. The lowest BCUT2D eigenvalue weighted by atomic mass is 9.85. The third-order valence-corrected chi connectivity index (χ3v) is 12.3. The van der Waals surface area contributed by atoms with E-state index in [1.807, 2.05) is 77.0 Å². The van der Waals surface area contributed by atoms with E-state index in [9.17, 15) is 28.5 Å². The molecule has 1 saturated heterocycles. The van der Waals surface area contributed by atoms with Gasteiger partial charge in [0.05, 0.1) is 36.5 Å². The number of hydrogen-bond donors (Lipinski definition) is 4. The number of likely N-dealkylation sites (tertiary alicyclic amines) is 1. The summed E-state index contributed by atoms with van der Waals surface area (Å²) in [5, 5.41) is 11.3. The standard InChI is InChI=1S/C38H58N6O6S/c1-11-13-17-25(30(45)33(47)39-19-12-2)40-32(46)29-28-24(38(28,9)10)21-44(29)34(48)31(37(6,7)8)42-35(49)41-27(36(3,4)5)22-43-20-23-16-14-15-18-26(23)51(43)50/h12,14-16,18,24-25,27-29,31H,2,11,13,17,19-22H2,1,3-10H3,(H,39,47)(H,40,46)(H2,41,42,49)/t24?,25?,27-,28+,29+,31-,51?/m1/s1. The van der Waals surface area contributed by atoms with Gasteiger partial charge in [0.2, 0.25) is 17.6 Å². The summed E-state index contributed by atoms with van der Waals surface area (Å²) in [5.74, 6) is -2.45. The van der Waals surface area contributed by atoms with Crippen molar-refractivity contribution < 1.29 is 28.5 Å². The summed E-state index contributed by atoms with van der Waals surface area (Å²) >= 11 is -1.35. The van der Waals surface area contributed by atoms with Gasteiger partial charge in [0.1, 0.15) is 12.1 Å². The molecule has 12 nitrogen and oxygen atoms in total. The Morgan fingerprint density at radius 3 is 2.29 bits per heavy atom. The van der Waals surface area contributed by atoms with E-state index >= 15 is 0 Å². The SMILES string of the molecule is C=CCNC(=O)C(=O)C(CCCC)NC(=O)[C@@H]1[C@@H]2C(CN1C(=O)[C@@H](NC(=O)N[C@H](CN1Cc3ccccc3[S+]1[O-])C(C)(C)C)C(C)(C)C)C2(C)C. The Kier molecular flexibility index (Phi) is 12.4. The van der Waals surface area contributed by atoms with Gasteiger partial charge in [-0.15, -0.1) is 10.9 Å². The quantitative estimate of drug-likeness (QED) is 0.129. The number of carbonyl (C=O) groups is 5. The summed E-state index contributed by atoms with van der Waals surface area (Å²) in [6.45, 7) is 22.5. The molecule has 5 amide bonds. The van der Waals surface area contributed by atoms with Crippen LogP contribution in [0.4, 0.5) is 4.79 Å². The van der Waals surface area contributed by atoms with Crippen LogP contribution in [0.5, 0.6) is 0 Å². The highest BCUT2D eigenvalue weighted by molar-refractivity contribution is 7.89. The van der Waals surface area contributed by atoms with Crippen molar-refractivity contribution in [3.05, 3.63) is 42.5 Å². The third kappa shape index (κ3) is 8.97. The fraction of sp³-hybridized carbons (Fsp3) is 0.658. The number of ketones is 1. The molecule has 282 valence electrons. The summed E-state index contributed by atoms with van der Waals surface area (Å²) in [6.07, 6.45) is 3.15. The second kappa shape index (κ2) is 15.7. The molecule has 2 heterocycles. The molecule has 7 atom stereocenters. The zero-order valence-electron chi connectivity index (χ0n) is 31.8. The van der Waals surface area contributed by atoms with Gasteiger partial charge >= 0.3 is 6.03 Å². The minimum atomic E-state index is -1.35. The molecule has 4 rings (SSSR count). The van der Waals surface area contributed by atoms with Crippen molar-refractivity contribution in [2.45, 2.75) is 117 Å². The zero-order chi connectivity index (χ0) is 38.1. The Morgan fingerprint density at radius 1 is 1.04 bits per heavy atom.